The Morgan fingerprint density at radius 2 is 2.19 bits per heavy atom. The molecule has 1 heterocycles. The van der Waals surface area contributed by atoms with E-state index in [4.69, 9.17) is 0 Å². The van der Waals surface area contributed by atoms with Crippen LogP contribution in [0.2, 0.25) is 0 Å². The molecule has 0 amide bonds. The van der Waals surface area contributed by atoms with Gasteiger partial charge in [-0.1, -0.05) is 0 Å². The van der Waals surface area contributed by atoms with Gasteiger partial charge in [0.05, 0.1) is 11.4 Å². The van der Waals surface area contributed by atoms with Crippen LogP contribution in [0.1, 0.15) is 24.2 Å². The number of hydrogen-bond acceptors (Lipinski definition) is 4. The first-order chi connectivity index (χ1) is 7.54. The van der Waals surface area contributed by atoms with Crippen molar-refractivity contribution in [3.05, 3.63) is 11.4 Å². The summed E-state index contributed by atoms with van der Waals surface area (Å²) in [5, 5.41) is 9.61. The van der Waals surface area contributed by atoms with E-state index in [0.29, 0.717) is 17.9 Å². The van der Waals surface area contributed by atoms with Crippen LogP contribution in [0.25, 0.3) is 0 Å². The maximum absolute atomic E-state index is 12.1. The van der Waals surface area contributed by atoms with Crippen molar-refractivity contribution in [1.29, 1.82) is 0 Å². The third-order valence-corrected chi connectivity index (χ3v) is 4.20. The fraction of sp³-hybridized carbons (Fsp3) is 0.667. The van der Waals surface area contributed by atoms with Crippen LogP contribution >= 0.6 is 0 Å². The van der Waals surface area contributed by atoms with Crippen molar-refractivity contribution in [3.8, 4) is 0 Å². The Kier molecular flexibility index (Phi) is 3.00. The Morgan fingerprint density at radius 1 is 1.50 bits per heavy atom. The van der Waals surface area contributed by atoms with Gasteiger partial charge in [0.1, 0.15) is 4.90 Å². The van der Waals surface area contributed by atoms with Crippen LogP contribution < -0.4 is 10.0 Å². The molecule has 0 saturated heterocycles. The molecule has 6 nitrogen and oxygen atoms in total. The zero-order valence-corrected chi connectivity index (χ0v) is 10.2. The predicted octanol–water partition coefficient (Wildman–Crippen LogP) is -0.122. The lowest BCUT2D eigenvalue weighted by atomic mass is 10.4. The molecule has 3 N–H and O–H groups in total. The average Bonchev–Trinajstić information content (AvgIpc) is 2.89. The highest BCUT2D eigenvalue weighted by Crippen LogP contribution is 2.24. The van der Waals surface area contributed by atoms with Gasteiger partial charge in [0, 0.05) is 12.6 Å². The fourth-order valence-electron chi connectivity index (χ4n) is 1.59. The van der Waals surface area contributed by atoms with Crippen molar-refractivity contribution >= 4 is 10.0 Å². The fourth-order valence-corrected chi connectivity index (χ4v) is 3.26. The highest BCUT2D eigenvalue weighted by Gasteiger charge is 2.31. The molecule has 1 aliphatic rings. The number of rotatable bonds is 5. The van der Waals surface area contributed by atoms with Gasteiger partial charge in [-0.2, -0.15) is 5.10 Å². The number of hydrogen-bond donors (Lipinski definition) is 3. The smallest absolute Gasteiger partial charge is 0.244 e. The first-order valence-electron chi connectivity index (χ1n) is 5.25. The molecular formula is C9H16N4O2S. The maximum atomic E-state index is 12.1. The average molecular weight is 244 g/mol. The van der Waals surface area contributed by atoms with Crippen LogP contribution in [0.3, 0.4) is 0 Å². The predicted molar refractivity (Wildman–Crippen MR) is 59.4 cm³/mol. The van der Waals surface area contributed by atoms with E-state index in [1.807, 2.05) is 0 Å². The molecule has 0 aromatic carbocycles. The normalized spacial score (nSPS) is 16.6. The van der Waals surface area contributed by atoms with Crippen LogP contribution in [-0.4, -0.2) is 31.7 Å². The number of aromatic amines is 1. The van der Waals surface area contributed by atoms with Gasteiger partial charge in [0.15, 0.2) is 0 Å². The lowest BCUT2D eigenvalue weighted by Crippen LogP contribution is -2.27. The number of nitrogens with zero attached hydrogens (tertiary/aromatic N) is 1. The summed E-state index contributed by atoms with van der Waals surface area (Å²) in [7, 11) is -1.66. The number of aryl methyl sites for hydroxylation is 1. The molecule has 1 saturated carbocycles. The van der Waals surface area contributed by atoms with Crippen LogP contribution in [0.5, 0.6) is 0 Å². The van der Waals surface area contributed by atoms with Crippen molar-refractivity contribution < 1.29 is 8.42 Å². The van der Waals surface area contributed by atoms with E-state index < -0.39 is 10.0 Å². The maximum Gasteiger partial charge on any atom is 0.244 e. The van der Waals surface area contributed by atoms with E-state index >= 15 is 0 Å². The van der Waals surface area contributed by atoms with E-state index in [0.717, 1.165) is 12.8 Å². The molecule has 0 aliphatic heterocycles. The number of sulfonamides is 1. The Balaban J connectivity index is 2.32. The molecule has 1 aromatic heterocycles. The zero-order valence-electron chi connectivity index (χ0n) is 9.37. The van der Waals surface area contributed by atoms with E-state index in [1.54, 1.807) is 14.0 Å². The van der Waals surface area contributed by atoms with Gasteiger partial charge < -0.3 is 5.32 Å². The van der Waals surface area contributed by atoms with E-state index in [1.165, 1.54) is 0 Å². The Bertz CT molecular complexity index is 476. The minimum absolute atomic E-state index is 0.113. The Morgan fingerprint density at radius 3 is 2.75 bits per heavy atom. The zero-order chi connectivity index (χ0) is 11.8. The standard InChI is InChI=1S/C9H16N4O2S/c1-6-9(8(5-10-2)12-11-6)16(14,15)13-7-3-4-7/h7,10,13H,3-5H2,1-2H3,(H,11,12). The molecule has 1 aliphatic carbocycles. The summed E-state index contributed by atoms with van der Waals surface area (Å²) in [4.78, 5) is 0.286. The van der Waals surface area contributed by atoms with Gasteiger partial charge >= 0.3 is 0 Å². The molecule has 0 bridgehead atoms. The van der Waals surface area contributed by atoms with E-state index in [9.17, 15) is 8.42 Å². The minimum atomic E-state index is -3.42. The number of aromatic nitrogens is 2. The highest BCUT2D eigenvalue weighted by molar-refractivity contribution is 7.89. The van der Waals surface area contributed by atoms with Gasteiger partial charge in [-0.3, -0.25) is 5.10 Å². The van der Waals surface area contributed by atoms with Crippen molar-refractivity contribution in [1.82, 2.24) is 20.2 Å². The molecule has 0 atom stereocenters. The molecule has 0 spiro atoms. The van der Waals surface area contributed by atoms with Crippen LogP contribution in [0, 0.1) is 6.92 Å². The van der Waals surface area contributed by atoms with Gasteiger partial charge in [-0.15, -0.1) is 0 Å². The van der Waals surface area contributed by atoms with Crippen LogP contribution in [0.4, 0.5) is 0 Å². The molecule has 16 heavy (non-hydrogen) atoms. The van der Waals surface area contributed by atoms with Crippen LogP contribution in [-0.2, 0) is 16.6 Å². The van der Waals surface area contributed by atoms with Crippen molar-refractivity contribution in [2.45, 2.75) is 37.2 Å². The second-order valence-corrected chi connectivity index (χ2v) is 5.70. The molecular weight excluding hydrogens is 228 g/mol. The van der Waals surface area contributed by atoms with Crippen LogP contribution in [0.15, 0.2) is 4.90 Å². The molecule has 0 unspecified atom stereocenters. The summed E-state index contributed by atoms with van der Waals surface area (Å²) in [5.74, 6) is 0. The second kappa shape index (κ2) is 4.15. The summed E-state index contributed by atoms with van der Waals surface area (Å²) in [6.45, 7) is 2.15. The van der Waals surface area contributed by atoms with Crippen molar-refractivity contribution in [2.75, 3.05) is 7.05 Å². The Labute approximate surface area is 94.9 Å². The Hall–Kier alpha value is -0.920. The summed E-state index contributed by atoms with van der Waals surface area (Å²) in [6.07, 6.45) is 1.86. The summed E-state index contributed by atoms with van der Waals surface area (Å²) >= 11 is 0. The van der Waals surface area contributed by atoms with Gasteiger partial charge in [0.25, 0.3) is 0 Å². The third kappa shape index (κ3) is 2.26. The first kappa shape index (κ1) is 11.6. The lowest BCUT2D eigenvalue weighted by Gasteiger charge is -2.06. The quantitative estimate of drug-likeness (QED) is 0.674. The first-order valence-corrected chi connectivity index (χ1v) is 6.73. The highest BCUT2D eigenvalue weighted by atomic mass is 32.2. The monoisotopic (exact) mass is 244 g/mol. The van der Waals surface area contributed by atoms with Gasteiger partial charge in [0.2, 0.25) is 10.0 Å². The molecule has 0 radical (unpaired) electrons. The molecule has 2 rings (SSSR count). The third-order valence-electron chi connectivity index (χ3n) is 2.47. The summed E-state index contributed by atoms with van der Waals surface area (Å²) in [5.41, 5.74) is 1.12. The summed E-state index contributed by atoms with van der Waals surface area (Å²) in [6, 6.07) is 0.113. The van der Waals surface area contributed by atoms with Gasteiger partial charge in [-0.25, -0.2) is 13.1 Å². The molecule has 1 aromatic rings. The lowest BCUT2D eigenvalue weighted by molar-refractivity contribution is 0.578. The van der Waals surface area contributed by atoms with E-state index in [-0.39, 0.29) is 10.9 Å². The van der Waals surface area contributed by atoms with E-state index in [2.05, 4.69) is 20.2 Å². The molecule has 7 heteroatoms. The van der Waals surface area contributed by atoms with Crippen molar-refractivity contribution in [3.63, 3.8) is 0 Å². The van der Waals surface area contributed by atoms with Crippen molar-refractivity contribution in [2.24, 2.45) is 0 Å². The number of H-pyrrole nitrogens is 1. The largest absolute Gasteiger partial charge is 0.314 e. The number of nitrogens with one attached hydrogen (secondary N) is 3. The summed E-state index contributed by atoms with van der Waals surface area (Å²) < 4.78 is 26.8. The second-order valence-electron chi connectivity index (χ2n) is 4.05. The van der Waals surface area contributed by atoms with Gasteiger partial charge in [-0.05, 0) is 26.8 Å². The molecule has 90 valence electrons. The SMILES string of the molecule is CNCc1n[nH]c(C)c1S(=O)(=O)NC1CC1. The topological polar surface area (TPSA) is 86.9 Å². The molecule has 1 fully saturated rings. The minimum Gasteiger partial charge on any atom is -0.314 e.